The third-order valence-corrected chi connectivity index (χ3v) is 3.71. The summed E-state index contributed by atoms with van der Waals surface area (Å²) < 4.78 is 2.04. The second kappa shape index (κ2) is 5.69. The van der Waals surface area contributed by atoms with Gasteiger partial charge < -0.3 is 5.32 Å². The topological polar surface area (TPSA) is 29.9 Å². The van der Waals surface area contributed by atoms with E-state index in [1.807, 2.05) is 18.5 Å². The van der Waals surface area contributed by atoms with Gasteiger partial charge in [0.1, 0.15) is 0 Å². The van der Waals surface area contributed by atoms with Crippen molar-refractivity contribution in [2.45, 2.75) is 40.7 Å². The van der Waals surface area contributed by atoms with Crippen LogP contribution >= 0.6 is 11.6 Å². The van der Waals surface area contributed by atoms with Crippen molar-refractivity contribution in [1.82, 2.24) is 15.1 Å². The molecule has 0 radical (unpaired) electrons. The average molecular weight is 244 g/mol. The summed E-state index contributed by atoms with van der Waals surface area (Å²) in [5.74, 6) is 0.536. The molecule has 0 aliphatic rings. The molecule has 0 aliphatic heterocycles. The minimum Gasteiger partial charge on any atom is -0.317 e. The van der Waals surface area contributed by atoms with E-state index in [0.29, 0.717) is 12.0 Å². The number of aromatic nitrogens is 2. The molecule has 1 aromatic heterocycles. The summed E-state index contributed by atoms with van der Waals surface area (Å²) >= 11 is 6.15. The lowest BCUT2D eigenvalue weighted by Gasteiger charge is -2.22. The maximum absolute atomic E-state index is 6.15. The van der Waals surface area contributed by atoms with Crippen LogP contribution in [0.4, 0.5) is 0 Å². The zero-order valence-electron chi connectivity index (χ0n) is 10.8. The Hall–Kier alpha value is -0.540. The molecular formula is C12H22ClN3. The first-order chi connectivity index (χ1) is 7.49. The predicted octanol–water partition coefficient (Wildman–Crippen LogP) is 2.96. The van der Waals surface area contributed by atoms with Gasteiger partial charge in [0, 0.05) is 0 Å². The van der Waals surface area contributed by atoms with E-state index in [0.717, 1.165) is 29.5 Å². The van der Waals surface area contributed by atoms with Gasteiger partial charge >= 0.3 is 0 Å². The van der Waals surface area contributed by atoms with Crippen molar-refractivity contribution in [2.75, 3.05) is 13.1 Å². The summed E-state index contributed by atoms with van der Waals surface area (Å²) in [7, 11) is 0. The molecule has 0 spiro atoms. The lowest BCUT2D eigenvalue weighted by atomic mass is 10.0. The monoisotopic (exact) mass is 243 g/mol. The zero-order chi connectivity index (χ0) is 12.3. The summed E-state index contributed by atoms with van der Waals surface area (Å²) in [4.78, 5) is 0. The van der Waals surface area contributed by atoms with Gasteiger partial charge in [0.05, 0.1) is 22.5 Å². The Morgan fingerprint density at radius 2 is 2.00 bits per heavy atom. The lowest BCUT2D eigenvalue weighted by molar-refractivity contribution is 0.333. The SMILES string of the molecule is CCNCC(C)C(C)n1nc(C)c(Cl)c1C. The molecule has 2 atom stereocenters. The number of aryl methyl sites for hydroxylation is 1. The van der Waals surface area contributed by atoms with E-state index in [1.54, 1.807) is 0 Å². The largest absolute Gasteiger partial charge is 0.317 e. The minimum atomic E-state index is 0.366. The van der Waals surface area contributed by atoms with Crippen LogP contribution in [0.3, 0.4) is 0 Å². The number of hydrogen-bond acceptors (Lipinski definition) is 2. The van der Waals surface area contributed by atoms with Gasteiger partial charge in [-0.2, -0.15) is 5.10 Å². The number of halogens is 1. The van der Waals surface area contributed by atoms with Gasteiger partial charge in [0.15, 0.2) is 0 Å². The molecule has 1 N–H and O–H groups in total. The Labute approximate surface area is 103 Å². The number of nitrogens with one attached hydrogen (secondary N) is 1. The van der Waals surface area contributed by atoms with Crippen LogP contribution in [0.15, 0.2) is 0 Å². The summed E-state index contributed by atoms with van der Waals surface area (Å²) in [5.41, 5.74) is 1.98. The first-order valence-electron chi connectivity index (χ1n) is 5.90. The Kier molecular flexibility index (Phi) is 4.81. The Morgan fingerprint density at radius 3 is 2.44 bits per heavy atom. The lowest BCUT2D eigenvalue weighted by Crippen LogP contribution is -2.27. The summed E-state index contributed by atoms with van der Waals surface area (Å²) in [6.07, 6.45) is 0. The van der Waals surface area contributed by atoms with Crippen LogP contribution in [0.25, 0.3) is 0 Å². The maximum Gasteiger partial charge on any atom is 0.0844 e. The van der Waals surface area contributed by atoms with Gasteiger partial charge in [-0.3, -0.25) is 4.68 Å². The molecule has 0 aliphatic carbocycles. The molecular weight excluding hydrogens is 222 g/mol. The molecule has 4 heteroatoms. The summed E-state index contributed by atoms with van der Waals surface area (Å²) in [6.45, 7) is 12.5. The predicted molar refractivity (Wildman–Crippen MR) is 69.1 cm³/mol. The van der Waals surface area contributed by atoms with Gasteiger partial charge in [-0.15, -0.1) is 0 Å². The standard InChI is InChI=1S/C12H22ClN3/c1-6-14-7-8(2)10(4)16-11(5)12(13)9(3)15-16/h8,10,14H,6-7H2,1-5H3. The highest BCUT2D eigenvalue weighted by Crippen LogP contribution is 2.25. The van der Waals surface area contributed by atoms with Crippen LogP contribution in [0.5, 0.6) is 0 Å². The third kappa shape index (κ3) is 2.77. The van der Waals surface area contributed by atoms with E-state index in [4.69, 9.17) is 11.6 Å². The molecule has 0 aromatic carbocycles. The summed E-state index contributed by atoms with van der Waals surface area (Å²) in [6, 6.07) is 0.366. The number of hydrogen-bond donors (Lipinski definition) is 1. The van der Waals surface area contributed by atoms with Crippen LogP contribution in [-0.4, -0.2) is 22.9 Å². The number of nitrogens with zero attached hydrogens (tertiary/aromatic N) is 2. The average Bonchev–Trinajstić information content (AvgIpc) is 2.52. The van der Waals surface area contributed by atoms with E-state index >= 15 is 0 Å². The summed E-state index contributed by atoms with van der Waals surface area (Å²) in [5, 5.41) is 8.66. The molecule has 0 fully saturated rings. The van der Waals surface area contributed by atoms with E-state index in [-0.39, 0.29) is 0 Å². The number of rotatable bonds is 5. The molecule has 1 aromatic rings. The quantitative estimate of drug-likeness (QED) is 0.862. The Balaban J connectivity index is 2.79. The highest BCUT2D eigenvalue weighted by molar-refractivity contribution is 6.31. The van der Waals surface area contributed by atoms with Gasteiger partial charge in [-0.1, -0.05) is 25.4 Å². The van der Waals surface area contributed by atoms with Gasteiger partial charge in [0.2, 0.25) is 0 Å². The minimum absolute atomic E-state index is 0.366. The van der Waals surface area contributed by atoms with E-state index < -0.39 is 0 Å². The molecule has 0 saturated heterocycles. The Bertz CT molecular complexity index is 346. The van der Waals surface area contributed by atoms with Crippen molar-refractivity contribution in [3.8, 4) is 0 Å². The van der Waals surface area contributed by atoms with Crippen LogP contribution in [0.1, 0.15) is 38.2 Å². The van der Waals surface area contributed by atoms with Crippen LogP contribution in [0.2, 0.25) is 5.02 Å². The molecule has 16 heavy (non-hydrogen) atoms. The molecule has 2 unspecified atom stereocenters. The zero-order valence-corrected chi connectivity index (χ0v) is 11.6. The van der Waals surface area contributed by atoms with Crippen LogP contribution < -0.4 is 5.32 Å². The van der Waals surface area contributed by atoms with Crippen LogP contribution in [0, 0.1) is 19.8 Å². The fraction of sp³-hybridized carbons (Fsp3) is 0.750. The molecule has 1 rings (SSSR count). The molecule has 3 nitrogen and oxygen atoms in total. The van der Waals surface area contributed by atoms with Crippen molar-refractivity contribution in [1.29, 1.82) is 0 Å². The van der Waals surface area contributed by atoms with E-state index in [1.165, 1.54) is 0 Å². The third-order valence-electron chi connectivity index (χ3n) is 3.16. The van der Waals surface area contributed by atoms with Gasteiger partial charge in [-0.25, -0.2) is 0 Å². The molecule has 1 heterocycles. The molecule has 92 valence electrons. The highest BCUT2D eigenvalue weighted by atomic mass is 35.5. The van der Waals surface area contributed by atoms with Gasteiger partial charge in [0.25, 0.3) is 0 Å². The van der Waals surface area contributed by atoms with E-state index in [9.17, 15) is 0 Å². The second-order valence-corrected chi connectivity index (χ2v) is 4.83. The molecule has 0 bridgehead atoms. The van der Waals surface area contributed by atoms with Crippen LogP contribution in [-0.2, 0) is 0 Å². The van der Waals surface area contributed by atoms with Crippen molar-refractivity contribution in [3.63, 3.8) is 0 Å². The molecule has 0 saturated carbocycles. The van der Waals surface area contributed by atoms with Gasteiger partial charge in [-0.05, 0) is 39.8 Å². The van der Waals surface area contributed by atoms with Crippen molar-refractivity contribution in [3.05, 3.63) is 16.4 Å². The Morgan fingerprint density at radius 1 is 1.38 bits per heavy atom. The second-order valence-electron chi connectivity index (χ2n) is 4.45. The highest BCUT2D eigenvalue weighted by Gasteiger charge is 2.18. The van der Waals surface area contributed by atoms with Crippen molar-refractivity contribution >= 4 is 11.6 Å². The normalized spacial score (nSPS) is 15.1. The van der Waals surface area contributed by atoms with Crippen molar-refractivity contribution in [2.24, 2.45) is 5.92 Å². The fourth-order valence-corrected chi connectivity index (χ4v) is 1.95. The van der Waals surface area contributed by atoms with E-state index in [2.05, 4.69) is 31.2 Å². The first-order valence-corrected chi connectivity index (χ1v) is 6.28. The molecule has 0 amide bonds. The fourth-order valence-electron chi connectivity index (χ4n) is 1.82. The van der Waals surface area contributed by atoms with Crippen molar-refractivity contribution < 1.29 is 0 Å². The first kappa shape index (κ1) is 13.5. The maximum atomic E-state index is 6.15. The smallest absolute Gasteiger partial charge is 0.0844 e.